The van der Waals surface area contributed by atoms with E-state index in [0.717, 1.165) is 24.8 Å². The van der Waals surface area contributed by atoms with Crippen LogP contribution in [0.2, 0.25) is 0 Å². The summed E-state index contributed by atoms with van der Waals surface area (Å²) in [6.07, 6.45) is 4.34. The van der Waals surface area contributed by atoms with Gasteiger partial charge in [-0.25, -0.2) is 4.79 Å². The molecule has 0 heterocycles. The fourth-order valence-electron chi connectivity index (χ4n) is 3.71. The van der Waals surface area contributed by atoms with Crippen molar-refractivity contribution in [1.82, 2.24) is 5.32 Å². The van der Waals surface area contributed by atoms with Crippen molar-refractivity contribution in [3.63, 3.8) is 0 Å². The van der Waals surface area contributed by atoms with Crippen molar-refractivity contribution in [2.45, 2.75) is 45.6 Å². The molecule has 0 saturated heterocycles. The predicted octanol–water partition coefficient (Wildman–Crippen LogP) is 4.08. The first kappa shape index (κ1) is 20.8. The van der Waals surface area contributed by atoms with Gasteiger partial charge in [0.05, 0.1) is 5.56 Å². The number of nitrogens with one attached hydrogen (secondary N) is 1. The predicted molar refractivity (Wildman–Crippen MR) is 111 cm³/mol. The number of ketones is 1. The highest BCUT2D eigenvalue weighted by Gasteiger charge is 2.24. The molecule has 152 valence electrons. The van der Waals surface area contributed by atoms with E-state index < -0.39 is 5.97 Å². The Morgan fingerprint density at radius 3 is 2.31 bits per heavy atom. The molecule has 1 saturated carbocycles. The lowest BCUT2D eigenvalue weighted by atomic mass is 9.86. The molecule has 0 bridgehead atoms. The summed E-state index contributed by atoms with van der Waals surface area (Å²) in [5.74, 6) is -0.804. The number of ether oxygens (including phenoxy) is 1. The Morgan fingerprint density at radius 1 is 0.966 bits per heavy atom. The molecule has 0 aromatic heterocycles. The molecule has 5 heteroatoms. The molecule has 29 heavy (non-hydrogen) atoms. The summed E-state index contributed by atoms with van der Waals surface area (Å²) in [6.45, 7) is 3.72. The second-order valence-electron chi connectivity index (χ2n) is 7.75. The number of hydrogen-bond donors (Lipinski definition) is 1. The second kappa shape index (κ2) is 9.50. The third-order valence-corrected chi connectivity index (χ3v) is 5.50. The van der Waals surface area contributed by atoms with Crippen molar-refractivity contribution >= 4 is 17.7 Å². The summed E-state index contributed by atoms with van der Waals surface area (Å²) in [7, 11) is 0. The highest BCUT2D eigenvalue weighted by molar-refractivity contribution is 6.14. The van der Waals surface area contributed by atoms with E-state index in [1.165, 1.54) is 6.42 Å². The Bertz CT molecular complexity index is 888. The van der Waals surface area contributed by atoms with Crippen LogP contribution in [0.25, 0.3) is 0 Å². The lowest BCUT2D eigenvalue weighted by molar-refractivity contribution is -0.125. The molecule has 1 fully saturated rings. The Hall–Kier alpha value is -2.95. The molecule has 2 aromatic rings. The summed E-state index contributed by atoms with van der Waals surface area (Å²) in [6, 6.07) is 13.8. The molecule has 2 atom stereocenters. The van der Waals surface area contributed by atoms with Crippen LogP contribution >= 0.6 is 0 Å². The summed E-state index contributed by atoms with van der Waals surface area (Å²) >= 11 is 0. The highest BCUT2D eigenvalue weighted by atomic mass is 16.5. The molecule has 5 nitrogen and oxygen atoms in total. The SMILES string of the molecule is Cc1ccc(C(=O)c2ccccc2C(=O)OCC(=O)NC2CCCCC2C)cc1. The van der Waals surface area contributed by atoms with Gasteiger partial charge in [-0.15, -0.1) is 0 Å². The van der Waals surface area contributed by atoms with Crippen molar-refractivity contribution in [1.29, 1.82) is 0 Å². The molecule has 3 rings (SSSR count). The highest BCUT2D eigenvalue weighted by Crippen LogP contribution is 2.23. The maximum atomic E-state index is 12.8. The third kappa shape index (κ3) is 5.31. The molecule has 0 radical (unpaired) electrons. The molecule has 2 unspecified atom stereocenters. The molecular weight excluding hydrogens is 366 g/mol. The third-order valence-electron chi connectivity index (χ3n) is 5.50. The number of carbonyl (C=O) groups is 3. The topological polar surface area (TPSA) is 72.5 Å². The van der Waals surface area contributed by atoms with Gasteiger partial charge in [0.2, 0.25) is 0 Å². The van der Waals surface area contributed by atoms with Crippen LogP contribution in [-0.4, -0.2) is 30.3 Å². The van der Waals surface area contributed by atoms with Crippen molar-refractivity contribution in [2.75, 3.05) is 6.61 Å². The zero-order valence-corrected chi connectivity index (χ0v) is 16.9. The van der Waals surface area contributed by atoms with Crippen LogP contribution < -0.4 is 5.32 Å². The molecule has 0 aliphatic heterocycles. The van der Waals surface area contributed by atoms with E-state index >= 15 is 0 Å². The smallest absolute Gasteiger partial charge is 0.339 e. The Morgan fingerprint density at radius 2 is 1.62 bits per heavy atom. The largest absolute Gasteiger partial charge is 0.452 e. The van der Waals surface area contributed by atoms with Crippen LogP contribution in [0.3, 0.4) is 0 Å². The molecule has 1 N–H and O–H groups in total. The zero-order valence-electron chi connectivity index (χ0n) is 16.9. The van der Waals surface area contributed by atoms with Crippen molar-refractivity contribution in [3.8, 4) is 0 Å². The van der Waals surface area contributed by atoms with Gasteiger partial charge >= 0.3 is 5.97 Å². The lowest BCUT2D eigenvalue weighted by Gasteiger charge is -2.29. The first-order valence-electron chi connectivity index (χ1n) is 10.1. The van der Waals surface area contributed by atoms with E-state index in [9.17, 15) is 14.4 Å². The molecular formula is C24H27NO4. The van der Waals surface area contributed by atoms with Crippen LogP contribution in [0.1, 0.15) is 64.4 Å². The zero-order chi connectivity index (χ0) is 20.8. The average Bonchev–Trinajstić information content (AvgIpc) is 2.74. The van der Waals surface area contributed by atoms with Crippen LogP contribution in [0.4, 0.5) is 0 Å². The van der Waals surface area contributed by atoms with E-state index in [-0.39, 0.29) is 35.5 Å². The van der Waals surface area contributed by atoms with Crippen LogP contribution in [0.15, 0.2) is 48.5 Å². The number of esters is 1. The van der Waals surface area contributed by atoms with E-state index in [1.807, 2.05) is 19.1 Å². The maximum absolute atomic E-state index is 12.8. The second-order valence-corrected chi connectivity index (χ2v) is 7.75. The molecule has 0 spiro atoms. The van der Waals surface area contributed by atoms with Gasteiger partial charge < -0.3 is 10.1 Å². The van der Waals surface area contributed by atoms with E-state index in [1.54, 1.807) is 36.4 Å². The summed E-state index contributed by atoms with van der Waals surface area (Å²) in [5, 5.41) is 2.96. The number of amides is 1. The minimum Gasteiger partial charge on any atom is -0.452 e. The maximum Gasteiger partial charge on any atom is 0.339 e. The Kier molecular flexibility index (Phi) is 6.81. The minimum absolute atomic E-state index is 0.130. The fraction of sp³-hybridized carbons (Fsp3) is 0.375. The van der Waals surface area contributed by atoms with Gasteiger partial charge in [-0.3, -0.25) is 9.59 Å². The number of rotatable bonds is 6. The average molecular weight is 393 g/mol. The number of benzene rings is 2. The molecule has 1 aliphatic rings. The van der Waals surface area contributed by atoms with Gasteiger partial charge in [-0.1, -0.05) is 67.8 Å². The van der Waals surface area contributed by atoms with E-state index in [2.05, 4.69) is 12.2 Å². The van der Waals surface area contributed by atoms with Gasteiger partial charge in [0.25, 0.3) is 5.91 Å². The van der Waals surface area contributed by atoms with Crippen molar-refractivity contribution < 1.29 is 19.1 Å². The van der Waals surface area contributed by atoms with Crippen LogP contribution in [0.5, 0.6) is 0 Å². The quantitative estimate of drug-likeness (QED) is 0.593. The molecule has 2 aromatic carbocycles. The number of aryl methyl sites for hydroxylation is 1. The Balaban J connectivity index is 1.64. The Labute approximate surface area is 171 Å². The first-order valence-corrected chi connectivity index (χ1v) is 10.1. The summed E-state index contributed by atoms with van der Waals surface area (Å²) in [4.78, 5) is 37.6. The minimum atomic E-state index is -0.673. The summed E-state index contributed by atoms with van der Waals surface area (Å²) < 4.78 is 5.21. The van der Waals surface area contributed by atoms with E-state index in [0.29, 0.717) is 11.5 Å². The standard InChI is InChI=1S/C24H27NO4/c1-16-11-13-18(14-12-16)23(27)19-8-4-5-9-20(19)24(28)29-15-22(26)25-21-10-6-3-7-17(21)2/h4-5,8-9,11-14,17,21H,3,6-7,10,15H2,1-2H3,(H,25,26). The van der Waals surface area contributed by atoms with Crippen molar-refractivity contribution in [3.05, 3.63) is 70.8 Å². The van der Waals surface area contributed by atoms with Gasteiger partial charge in [-0.05, 0) is 31.7 Å². The van der Waals surface area contributed by atoms with Gasteiger partial charge in [-0.2, -0.15) is 0 Å². The van der Waals surface area contributed by atoms with Gasteiger partial charge in [0.15, 0.2) is 12.4 Å². The monoisotopic (exact) mass is 393 g/mol. The van der Waals surface area contributed by atoms with Crippen LogP contribution in [-0.2, 0) is 9.53 Å². The first-order chi connectivity index (χ1) is 14.0. The normalized spacial score (nSPS) is 18.7. The number of carbonyl (C=O) groups excluding carboxylic acids is 3. The fourth-order valence-corrected chi connectivity index (χ4v) is 3.71. The van der Waals surface area contributed by atoms with Gasteiger partial charge in [0, 0.05) is 17.2 Å². The van der Waals surface area contributed by atoms with E-state index in [4.69, 9.17) is 4.74 Å². The molecule has 1 aliphatic carbocycles. The van der Waals surface area contributed by atoms with Gasteiger partial charge in [0.1, 0.15) is 0 Å². The lowest BCUT2D eigenvalue weighted by Crippen LogP contribution is -2.42. The molecule has 1 amide bonds. The number of hydrogen-bond acceptors (Lipinski definition) is 4. The van der Waals surface area contributed by atoms with Crippen LogP contribution in [0, 0.1) is 12.8 Å². The summed E-state index contributed by atoms with van der Waals surface area (Å²) in [5.41, 5.74) is 1.98. The van der Waals surface area contributed by atoms with Crippen molar-refractivity contribution in [2.24, 2.45) is 5.92 Å².